The molecule has 0 saturated heterocycles. The molecule has 0 aromatic rings. The fourth-order valence-electron chi connectivity index (χ4n) is 2.07. The first kappa shape index (κ1) is 25.5. The van der Waals surface area contributed by atoms with Gasteiger partial charge in [-0.2, -0.15) is 23.5 Å². The number of rotatable bonds is 9. The minimum Gasteiger partial charge on any atom is -0.466 e. The zero-order chi connectivity index (χ0) is 21.4. The van der Waals surface area contributed by atoms with Crippen LogP contribution in [0, 0.1) is 5.92 Å². The molecule has 1 unspecified atom stereocenters. The van der Waals surface area contributed by atoms with Crippen molar-refractivity contribution >= 4 is 47.3 Å². The van der Waals surface area contributed by atoms with Crippen LogP contribution in [-0.2, 0) is 28.7 Å². The molecule has 0 saturated carbocycles. The minimum absolute atomic E-state index is 0.0445. The standard InChI is InChI=1S/C18H29NO6S2/c1-11(15(22)24-6)9-13(20)19(5)14(21)10-12(17(26-7)27-8)16(23)25-18(2,3)4/h12,17H,1,9-10H2,2-8H3. The maximum atomic E-state index is 12.6. The summed E-state index contributed by atoms with van der Waals surface area (Å²) in [6.07, 6.45) is 3.19. The van der Waals surface area contributed by atoms with Crippen molar-refractivity contribution in [2.24, 2.45) is 5.92 Å². The number of imide groups is 1. The molecule has 0 bridgehead atoms. The lowest BCUT2D eigenvalue weighted by Crippen LogP contribution is -2.39. The van der Waals surface area contributed by atoms with Crippen molar-refractivity contribution in [1.29, 1.82) is 0 Å². The number of amides is 2. The quantitative estimate of drug-likeness (QED) is 0.320. The molecule has 0 aromatic heterocycles. The molecule has 0 aliphatic rings. The van der Waals surface area contributed by atoms with Crippen molar-refractivity contribution in [3.05, 3.63) is 12.2 Å². The maximum Gasteiger partial charge on any atom is 0.333 e. The van der Waals surface area contributed by atoms with Crippen LogP contribution >= 0.6 is 23.5 Å². The van der Waals surface area contributed by atoms with Gasteiger partial charge in [0.05, 0.1) is 24.0 Å². The van der Waals surface area contributed by atoms with Crippen molar-refractivity contribution in [3.8, 4) is 0 Å². The van der Waals surface area contributed by atoms with Crippen molar-refractivity contribution in [2.45, 2.75) is 43.8 Å². The van der Waals surface area contributed by atoms with E-state index in [0.29, 0.717) is 0 Å². The second kappa shape index (κ2) is 11.4. The van der Waals surface area contributed by atoms with Gasteiger partial charge in [-0.3, -0.25) is 19.3 Å². The molecule has 0 fully saturated rings. The average Bonchev–Trinajstić information content (AvgIpc) is 2.58. The van der Waals surface area contributed by atoms with Gasteiger partial charge in [0.1, 0.15) is 5.60 Å². The highest BCUT2D eigenvalue weighted by Gasteiger charge is 2.35. The highest BCUT2D eigenvalue weighted by atomic mass is 32.2. The molecule has 0 spiro atoms. The second-order valence-electron chi connectivity index (χ2n) is 6.80. The summed E-state index contributed by atoms with van der Waals surface area (Å²) in [5, 5.41) is 0. The average molecular weight is 420 g/mol. The molecule has 0 N–H and O–H groups in total. The molecule has 27 heavy (non-hydrogen) atoms. The SMILES string of the molecule is C=C(CC(=O)N(C)C(=O)CC(C(=O)OC(C)(C)C)C(SC)SC)C(=O)OC. The summed E-state index contributed by atoms with van der Waals surface area (Å²) in [6, 6.07) is 0. The van der Waals surface area contributed by atoms with E-state index >= 15 is 0 Å². The van der Waals surface area contributed by atoms with E-state index in [9.17, 15) is 19.2 Å². The summed E-state index contributed by atoms with van der Waals surface area (Å²) in [5.41, 5.74) is -0.725. The van der Waals surface area contributed by atoms with Crippen LogP contribution in [0.2, 0.25) is 0 Å². The number of esters is 2. The third kappa shape index (κ3) is 8.83. The lowest BCUT2D eigenvalue weighted by molar-refractivity contribution is -0.162. The lowest BCUT2D eigenvalue weighted by atomic mass is 10.1. The Bertz CT molecular complexity index is 581. The van der Waals surface area contributed by atoms with Crippen LogP contribution in [0.4, 0.5) is 0 Å². The molecule has 0 heterocycles. The van der Waals surface area contributed by atoms with Gasteiger partial charge < -0.3 is 9.47 Å². The molecule has 0 aliphatic heterocycles. The smallest absolute Gasteiger partial charge is 0.333 e. The van der Waals surface area contributed by atoms with Gasteiger partial charge in [-0.15, -0.1) is 0 Å². The molecule has 1 atom stereocenters. The van der Waals surface area contributed by atoms with Crippen LogP contribution in [0.1, 0.15) is 33.6 Å². The van der Waals surface area contributed by atoms with E-state index in [2.05, 4.69) is 11.3 Å². The van der Waals surface area contributed by atoms with Gasteiger partial charge in [-0.05, 0) is 33.3 Å². The van der Waals surface area contributed by atoms with Crippen LogP contribution < -0.4 is 0 Å². The van der Waals surface area contributed by atoms with Crippen molar-refractivity contribution in [3.63, 3.8) is 0 Å². The fourth-order valence-corrected chi connectivity index (χ4v) is 3.92. The van der Waals surface area contributed by atoms with E-state index in [-0.39, 0.29) is 23.0 Å². The predicted octanol–water partition coefficient (Wildman–Crippen LogP) is 2.49. The Morgan fingerprint density at radius 2 is 1.59 bits per heavy atom. The molecular weight excluding hydrogens is 390 g/mol. The first-order chi connectivity index (χ1) is 12.4. The van der Waals surface area contributed by atoms with E-state index in [1.54, 1.807) is 20.8 Å². The summed E-state index contributed by atoms with van der Waals surface area (Å²) < 4.78 is 9.74. The van der Waals surface area contributed by atoms with Crippen LogP contribution in [-0.4, -0.2) is 65.5 Å². The van der Waals surface area contributed by atoms with Gasteiger partial charge in [0.15, 0.2) is 0 Å². The Morgan fingerprint density at radius 1 is 1.07 bits per heavy atom. The van der Waals surface area contributed by atoms with Crippen molar-refractivity contribution in [1.82, 2.24) is 4.90 Å². The van der Waals surface area contributed by atoms with Gasteiger partial charge >= 0.3 is 11.9 Å². The molecule has 0 aromatic carbocycles. The maximum absolute atomic E-state index is 12.6. The number of ether oxygens (including phenoxy) is 2. The molecule has 2 amide bonds. The minimum atomic E-state index is -0.708. The van der Waals surface area contributed by atoms with E-state index in [4.69, 9.17) is 4.74 Å². The second-order valence-corrected chi connectivity index (χ2v) is 9.06. The number of carbonyl (C=O) groups is 4. The Morgan fingerprint density at radius 3 is 2.00 bits per heavy atom. The molecular formula is C18H29NO6S2. The number of hydrogen-bond donors (Lipinski definition) is 0. The van der Waals surface area contributed by atoms with Crippen molar-refractivity contribution < 1.29 is 28.7 Å². The highest BCUT2D eigenvalue weighted by molar-refractivity contribution is 8.16. The molecule has 0 aliphatic carbocycles. The van der Waals surface area contributed by atoms with Crippen LogP contribution in [0.5, 0.6) is 0 Å². The van der Waals surface area contributed by atoms with Gasteiger partial charge in [0.2, 0.25) is 11.8 Å². The first-order valence-electron chi connectivity index (χ1n) is 8.21. The third-order valence-corrected chi connectivity index (χ3v) is 6.23. The van der Waals surface area contributed by atoms with Crippen molar-refractivity contribution in [2.75, 3.05) is 26.7 Å². The first-order valence-corrected chi connectivity index (χ1v) is 10.8. The van der Waals surface area contributed by atoms with E-state index in [0.717, 1.165) is 4.90 Å². The van der Waals surface area contributed by atoms with Gasteiger partial charge in [-0.1, -0.05) is 6.58 Å². The van der Waals surface area contributed by atoms with Gasteiger partial charge in [-0.25, -0.2) is 4.79 Å². The zero-order valence-corrected chi connectivity index (χ0v) is 18.6. The molecule has 154 valence electrons. The van der Waals surface area contributed by atoms with E-state index < -0.39 is 35.3 Å². The monoisotopic (exact) mass is 419 g/mol. The largest absolute Gasteiger partial charge is 0.466 e. The normalized spacial score (nSPS) is 12.3. The van der Waals surface area contributed by atoms with Gasteiger partial charge in [0.25, 0.3) is 0 Å². The summed E-state index contributed by atoms with van der Waals surface area (Å²) in [5.74, 6) is -3.02. The number of methoxy groups -OCH3 is 1. The number of hydrogen-bond acceptors (Lipinski definition) is 8. The molecule has 7 nitrogen and oxygen atoms in total. The summed E-state index contributed by atoms with van der Waals surface area (Å²) in [6.45, 7) is 8.74. The number of thioether (sulfide) groups is 2. The van der Waals surface area contributed by atoms with Crippen LogP contribution in [0.3, 0.4) is 0 Å². The van der Waals surface area contributed by atoms with Crippen LogP contribution in [0.15, 0.2) is 12.2 Å². The summed E-state index contributed by atoms with van der Waals surface area (Å²) >= 11 is 2.89. The predicted molar refractivity (Wildman–Crippen MR) is 108 cm³/mol. The Labute approximate surface area is 169 Å². The molecule has 9 heteroatoms. The van der Waals surface area contributed by atoms with Gasteiger partial charge in [0, 0.05) is 19.0 Å². The van der Waals surface area contributed by atoms with E-state index in [1.807, 2.05) is 12.5 Å². The topological polar surface area (TPSA) is 90.0 Å². The summed E-state index contributed by atoms with van der Waals surface area (Å²) in [7, 11) is 2.50. The highest BCUT2D eigenvalue weighted by Crippen LogP contribution is 2.31. The Balaban J connectivity index is 5.21. The summed E-state index contributed by atoms with van der Waals surface area (Å²) in [4.78, 5) is 49.6. The van der Waals surface area contributed by atoms with Crippen LogP contribution in [0.25, 0.3) is 0 Å². The number of carbonyl (C=O) groups excluding carboxylic acids is 4. The Hall–Kier alpha value is -1.48. The number of nitrogens with zero attached hydrogens (tertiary/aromatic N) is 1. The fraction of sp³-hybridized carbons (Fsp3) is 0.667. The van der Waals surface area contributed by atoms with E-state index in [1.165, 1.54) is 37.7 Å². The Kier molecular flexibility index (Phi) is 10.8. The zero-order valence-electron chi connectivity index (χ0n) is 17.0. The lowest BCUT2D eigenvalue weighted by Gasteiger charge is -2.28. The third-order valence-electron chi connectivity index (χ3n) is 3.48. The molecule has 0 radical (unpaired) electrons. The molecule has 0 rings (SSSR count).